The van der Waals surface area contributed by atoms with Crippen LogP contribution in [0.4, 0.5) is 31.1 Å². The molecule has 0 radical (unpaired) electrons. The van der Waals surface area contributed by atoms with Crippen LogP contribution in [0, 0.1) is 5.92 Å². The third kappa shape index (κ3) is 7.30. The average molecular weight is 549 g/mol. The molecule has 210 valence electrons. The number of carbonyl (C=O) groups is 2. The van der Waals surface area contributed by atoms with Crippen LogP contribution in [0.2, 0.25) is 0 Å². The number of halogens is 6. The van der Waals surface area contributed by atoms with Crippen LogP contribution < -0.4 is 10.6 Å². The molecule has 1 heterocycles. The number of allylic oxidation sites excluding steroid dienone is 3. The van der Waals surface area contributed by atoms with Gasteiger partial charge in [0.05, 0.1) is 29.4 Å². The minimum absolute atomic E-state index is 0.0565. The van der Waals surface area contributed by atoms with Crippen molar-refractivity contribution < 1.29 is 45.4 Å². The van der Waals surface area contributed by atoms with Gasteiger partial charge in [-0.1, -0.05) is 24.3 Å². The average Bonchev–Trinajstić information content (AvgIpc) is 3.11. The highest BCUT2D eigenvalue weighted by Crippen LogP contribution is 2.39. The standard InChI is InChI=1S/C26H30F6N2O4/c1-15(16-10-18(25(27,28)29)12-19(11-16)26(30,31)32)37-14-24(17-8-6-5-7-9-17)13-20(21(35)34-24)33-22(36)38-23(2,3)4/h5-8,10-12,15,17,20H,9,13-14H2,1-4H3,(H,33,36)(H,34,35)/t15-,17?,20?,24-/m1/s1. The van der Waals surface area contributed by atoms with E-state index in [1.165, 1.54) is 6.92 Å². The Hall–Kier alpha value is -3.02. The van der Waals surface area contributed by atoms with Gasteiger partial charge in [0.2, 0.25) is 5.91 Å². The molecule has 1 fully saturated rings. The molecule has 0 bridgehead atoms. The zero-order valence-corrected chi connectivity index (χ0v) is 21.3. The largest absolute Gasteiger partial charge is 0.444 e. The van der Waals surface area contributed by atoms with Crippen molar-refractivity contribution >= 4 is 12.0 Å². The summed E-state index contributed by atoms with van der Waals surface area (Å²) in [4.78, 5) is 25.1. The van der Waals surface area contributed by atoms with E-state index in [0.29, 0.717) is 18.6 Å². The Morgan fingerprint density at radius 3 is 2.18 bits per heavy atom. The third-order valence-corrected chi connectivity index (χ3v) is 6.31. The first kappa shape index (κ1) is 29.5. The molecule has 1 aliphatic carbocycles. The predicted octanol–water partition coefficient (Wildman–Crippen LogP) is 6.09. The number of carbonyl (C=O) groups excluding carboxylic acids is 2. The smallest absolute Gasteiger partial charge is 0.416 e. The van der Waals surface area contributed by atoms with Gasteiger partial charge in [0.1, 0.15) is 11.6 Å². The normalized spacial score (nSPS) is 24.7. The number of benzene rings is 1. The van der Waals surface area contributed by atoms with Crippen molar-refractivity contribution in [3.05, 3.63) is 59.2 Å². The number of rotatable bonds is 6. The summed E-state index contributed by atoms with van der Waals surface area (Å²) in [6.07, 6.45) is -4.13. The van der Waals surface area contributed by atoms with Gasteiger partial charge in [-0.2, -0.15) is 26.3 Å². The van der Waals surface area contributed by atoms with Gasteiger partial charge in [-0.05, 0) is 57.9 Å². The van der Waals surface area contributed by atoms with Crippen LogP contribution in [0.3, 0.4) is 0 Å². The molecule has 1 aromatic carbocycles. The SMILES string of the molecule is C[C@@H](OC[C@@]1(C2C=CC=CC2)CC(NC(=O)OC(C)(C)C)C(=O)N1)c1cc(C(F)(F)F)cc(C(F)(F)F)c1. The summed E-state index contributed by atoms with van der Waals surface area (Å²) in [6.45, 7) is 6.11. The van der Waals surface area contributed by atoms with Crippen molar-refractivity contribution in [2.24, 2.45) is 5.92 Å². The molecule has 6 nitrogen and oxygen atoms in total. The maximum absolute atomic E-state index is 13.3. The summed E-state index contributed by atoms with van der Waals surface area (Å²) in [5, 5.41) is 5.38. The second kappa shape index (κ2) is 10.6. The first-order chi connectivity index (χ1) is 17.4. The highest BCUT2D eigenvalue weighted by Gasteiger charge is 2.49. The lowest BCUT2D eigenvalue weighted by atomic mass is 9.78. The van der Waals surface area contributed by atoms with Gasteiger partial charge < -0.3 is 20.1 Å². The summed E-state index contributed by atoms with van der Waals surface area (Å²) in [7, 11) is 0. The van der Waals surface area contributed by atoms with E-state index in [-0.39, 0.29) is 30.6 Å². The fourth-order valence-corrected chi connectivity index (χ4v) is 4.43. The second-order valence-corrected chi connectivity index (χ2v) is 10.5. The third-order valence-electron chi connectivity index (χ3n) is 6.31. The van der Waals surface area contributed by atoms with Crippen LogP contribution in [0.25, 0.3) is 0 Å². The molecular formula is C26H30F6N2O4. The molecule has 2 unspecified atom stereocenters. The molecule has 2 aliphatic rings. The fourth-order valence-electron chi connectivity index (χ4n) is 4.43. The van der Waals surface area contributed by atoms with E-state index in [4.69, 9.17) is 9.47 Å². The number of amides is 2. The van der Waals surface area contributed by atoms with Crippen LogP contribution in [-0.4, -0.2) is 35.8 Å². The molecule has 0 saturated carbocycles. The zero-order valence-electron chi connectivity index (χ0n) is 21.3. The van der Waals surface area contributed by atoms with Crippen LogP contribution >= 0.6 is 0 Å². The van der Waals surface area contributed by atoms with Crippen LogP contribution in [0.5, 0.6) is 0 Å². The Morgan fingerprint density at radius 1 is 1.08 bits per heavy atom. The minimum atomic E-state index is -4.99. The number of alkyl carbamates (subject to hydrolysis) is 1. The van der Waals surface area contributed by atoms with E-state index < -0.39 is 58.8 Å². The van der Waals surface area contributed by atoms with E-state index in [1.807, 2.05) is 18.2 Å². The molecule has 0 aromatic heterocycles. The van der Waals surface area contributed by atoms with Crippen molar-refractivity contribution in [1.29, 1.82) is 0 Å². The predicted molar refractivity (Wildman–Crippen MR) is 126 cm³/mol. The summed E-state index contributed by atoms with van der Waals surface area (Å²) in [6, 6.07) is 0.320. The van der Waals surface area contributed by atoms with Gasteiger partial charge in [-0.3, -0.25) is 4.79 Å². The molecule has 1 aromatic rings. The van der Waals surface area contributed by atoms with Crippen molar-refractivity contribution in [3.8, 4) is 0 Å². The summed E-state index contributed by atoms with van der Waals surface area (Å²) >= 11 is 0. The fraction of sp³-hybridized carbons (Fsp3) is 0.538. The topological polar surface area (TPSA) is 76.7 Å². The van der Waals surface area contributed by atoms with Crippen LogP contribution in [0.1, 0.15) is 63.3 Å². The quantitative estimate of drug-likeness (QED) is 0.422. The van der Waals surface area contributed by atoms with Gasteiger partial charge in [0.25, 0.3) is 0 Å². The zero-order chi connectivity index (χ0) is 28.5. The Balaban J connectivity index is 1.84. The van der Waals surface area contributed by atoms with Gasteiger partial charge in [-0.15, -0.1) is 0 Å². The number of hydrogen-bond donors (Lipinski definition) is 2. The summed E-state index contributed by atoms with van der Waals surface area (Å²) < 4.78 is 90.9. The Labute approximate surface area is 216 Å². The lowest BCUT2D eigenvalue weighted by molar-refractivity contribution is -0.143. The molecule has 2 amide bonds. The second-order valence-electron chi connectivity index (χ2n) is 10.5. The lowest BCUT2D eigenvalue weighted by Gasteiger charge is -2.37. The Morgan fingerprint density at radius 2 is 1.68 bits per heavy atom. The van der Waals surface area contributed by atoms with Crippen LogP contribution in [0.15, 0.2) is 42.5 Å². The molecule has 3 rings (SSSR count). The van der Waals surface area contributed by atoms with Crippen molar-refractivity contribution in [2.45, 2.75) is 76.2 Å². The first-order valence-corrected chi connectivity index (χ1v) is 12.0. The van der Waals surface area contributed by atoms with E-state index >= 15 is 0 Å². The summed E-state index contributed by atoms with van der Waals surface area (Å²) in [5.74, 6) is -0.810. The van der Waals surface area contributed by atoms with Crippen molar-refractivity contribution in [1.82, 2.24) is 10.6 Å². The molecular weight excluding hydrogens is 518 g/mol. The number of nitrogens with one attached hydrogen (secondary N) is 2. The van der Waals surface area contributed by atoms with Gasteiger partial charge in [-0.25, -0.2) is 4.79 Å². The molecule has 1 aliphatic heterocycles. The van der Waals surface area contributed by atoms with Gasteiger partial charge in [0.15, 0.2) is 0 Å². The minimum Gasteiger partial charge on any atom is -0.444 e. The molecule has 4 atom stereocenters. The monoisotopic (exact) mass is 548 g/mol. The van der Waals surface area contributed by atoms with E-state index in [9.17, 15) is 35.9 Å². The molecule has 2 N–H and O–H groups in total. The highest BCUT2D eigenvalue weighted by molar-refractivity contribution is 5.88. The van der Waals surface area contributed by atoms with Crippen molar-refractivity contribution in [3.63, 3.8) is 0 Å². The lowest BCUT2D eigenvalue weighted by Crippen LogP contribution is -2.51. The number of alkyl halides is 6. The Bertz CT molecular complexity index is 1070. The molecule has 0 spiro atoms. The number of hydrogen-bond acceptors (Lipinski definition) is 4. The first-order valence-electron chi connectivity index (χ1n) is 12.0. The van der Waals surface area contributed by atoms with Gasteiger partial charge in [0, 0.05) is 12.3 Å². The van der Waals surface area contributed by atoms with Crippen molar-refractivity contribution in [2.75, 3.05) is 6.61 Å². The van der Waals surface area contributed by atoms with Gasteiger partial charge >= 0.3 is 18.4 Å². The molecule has 1 saturated heterocycles. The van der Waals surface area contributed by atoms with E-state index in [2.05, 4.69) is 10.6 Å². The molecule has 12 heteroatoms. The van der Waals surface area contributed by atoms with E-state index in [1.54, 1.807) is 26.8 Å². The maximum Gasteiger partial charge on any atom is 0.416 e. The Kier molecular flexibility index (Phi) is 8.26. The van der Waals surface area contributed by atoms with Crippen LogP contribution in [-0.2, 0) is 26.6 Å². The number of ether oxygens (including phenoxy) is 2. The highest BCUT2D eigenvalue weighted by atomic mass is 19.4. The molecule has 38 heavy (non-hydrogen) atoms. The summed E-state index contributed by atoms with van der Waals surface area (Å²) in [5.41, 5.74) is -5.08. The van der Waals surface area contributed by atoms with E-state index in [0.717, 1.165) is 0 Å². The maximum atomic E-state index is 13.3.